The van der Waals surface area contributed by atoms with E-state index >= 15 is 0 Å². The van der Waals surface area contributed by atoms with Crippen molar-refractivity contribution in [2.24, 2.45) is 0 Å². The number of carboxylic acid groups (broad SMARTS) is 1. The second kappa shape index (κ2) is 16.9. The second-order valence-electron chi connectivity index (χ2n) is 10.9. The van der Waals surface area contributed by atoms with Crippen LogP contribution in [0.3, 0.4) is 0 Å². The Bertz CT molecular complexity index is 1570. The summed E-state index contributed by atoms with van der Waals surface area (Å²) >= 11 is 6.40. The topological polar surface area (TPSA) is 162 Å². The zero-order valence-corrected chi connectivity index (χ0v) is 26.8. The summed E-state index contributed by atoms with van der Waals surface area (Å²) in [6.07, 6.45) is 14.5. The number of carbonyl (C=O) groups excluding carboxylic acids is 1. The van der Waals surface area contributed by atoms with Crippen LogP contribution in [0.25, 0.3) is 5.69 Å². The average molecular weight is 648 g/mol. The number of nitrogens with one attached hydrogen (secondary N) is 4. The number of aromatic nitrogens is 2. The lowest BCUT2D eigenvalue weighted by Gasteiger charge is -2.12. The summed E-state index contributed by atoms with van der Waals surface area (Å²) in [4.78, 5) is 37.0. The minimum atomic E-state index is -3.85. The largest absolute Gasteiger partial charge is 0.478 e. The number of carboxylic acids is 1. The molecule has 0 radical (unpaired) electrons. The third-order valence-electron chi connectivity index (χ3n) is 7.07. The SMILES string of the molecule is CCCCCCCCCCCCCC(=O)Nc1ccc(Cl)c(Nc2[nH]n(-c3ccc(C(=O)O)cc3)c(=O)c2NS(C)(=O)=O)c1. The fourth-order valence-electron chi connectivity index (χ4n) is 4.75. The lowest BCUT2D eigenvalue weighted by molar-refractivity contribution is -0.116. The predicted molar refractivity (Wildman–Crippen MR) is 176 cm³/mol. The molecule has 3 aromatic rings. The van der Waals surface area contributed by atoms with E-state index in [1.807, 2.05) is 0 Å². The van der Waals surface area contributed by atoms with Gasteiger partial charge in [0.25, 0.3) is 5.56 Å². The Kier molecular flexibility index (Phi) is 13.3. The van der Waals surface area contributed by atoms with Crippen molar-refractivity contribution in [3.63, 3.8) is 0 Å². The van der Waals surface area contributed by atoms with E-state index in [4.69, 9.17) is 16.7 Å². The van der Waals surface area contributed by atoms with Crippen molar-refractivity contribution in [2.45, 2.75) is 84.0 Å². The molecule has 3 rings (SSSR count). The maximum atomic E-state index is 13.2. The first-order valence-electron chi connectivity index (χ1n) is 15.0. The van der Waals surface area contributed by atoms with Gasteiger partial charge in [-0.2, -0.15) is 0 Å². The Morgan fingerprint density at radius 3 is 2.07 bits per heavy atom. The maximum absolute atomic E-state index is 13.2. The second-order valence-corrected chi connectivity index (χ2v) is 13.0. The van der Waals surface area contributed by atoms with Crippen molar-refractivity contribution in [2.75, 3.05) is 21.6 Å². The van der Waals surface area contributed by atoms with Crippen molar-refractivity contribution in [1.29, 1.82) is 0 Å². The van der Waals surface area contributed by atoms with Crippen molar-refractivity contribution in [3.8, 4) is 5.69 Å². The molecule has 0 spiro atoms. The van der Waals surface area contributed by atoms with Gasteiger partial charge >= 0.3 is 5.97 Å². The summed E-state index contributed by atoms with van der Waals surface area (Å²) < 4.78 is 27.4. The molecule has 240 valence electrons. The number of amides is 1. The van der Waals surface area contributed by atoms with Crippen molar-refractivity contribution < 1.29 is 23.1 Å². The molecule has 0 saturated carbocycles. The monoisotopic (exact) mass is 647 g/mol. The van der Waals surface area contributed by atoms with Crippen LogP contribution in [0.4, 0.5) is 22.9 Å². The van der Waals surface area contributed by atoms with Crippen LogP contribution in [0.5, 0.6) is 0 Å². The molecule has 5 N–H and O–H groups in total. The molecular weight excluding hydrogens is 606 g/mol. The highest BCUT2D eigenvalue weighted by molar-refractivity contribution is 7.92. The summed E-state index contributed by atoms with van der Waals surface area (Å²) in [6, 6.07) is 10.3. The molecule has 0 saturated heterocycles. The van der Waals surface area contributed by atoms with Gasteiger partial charge in [0.1, 0.15) is 0 Å². The van der Waals surface area contributed by atoms with E-state index in [-0.39, 0.29) is 33.7 Å². The zero-order valence-electron chi connectivity index (χ0n) is 25.2. The molecule has 11 nitrogen and oxygen atoms in total. The molecule has 2 aromatic carbocycles. The van der Waals surface area contributed by atoms with Gasteiger partial charge in [-0.05, 0) is 48.9 Å². The molecule has 1 heterocycles. The highest BCUT2D eigenvalue weighted by Gasteiger charge is 2.20. The Balaban J connectivity index is 1.62. The molecule has 0 aliphatic heterocycles. The molecule has 0 unspecified atom stereocenters. The molecule has 1 amide bonds. The molecule has 0 aliphatic rings. The fourth-order valence-corrected chi connectivity index (χ4v) is 5.47. The quantitative estimate of drug-likeness (QED) is 0.0854. The van der Waals surface area contributed by atoms with Gasteiger partial charge in [-0.1, -0.05) is 82.7 Å². The van der Waals surface area contributed by atoms with Gasteiger partial charge in [0.15, 0.2) is 11.5 Å². The molecular formula is C31H42ClN5O6S. The van der Waals surface area contributed by atoms with Gasteiger partial charge in [-0.25, -0.2) is 17.9 Å². The Morgan fingerprint density at radius 1 is 0.909 bits per heavy atom. The molecule has 13 heteroatoms. The third-order valence-corrected chi connectivity index (χ3v) is 7.97. The summed E-state index contributed by atoms with van der Waals surface area (Å²) in [7, 11) is -3.85. The minimum Gasteiger partial charge on any atom is -0.478 e. The van der Waals surface area contributed by atoms with Crippen LogP contribution in [0, 0.1) is 0 Å². The number of aromatic carboxylic acids is 1. The summed E-state index contributed by atoms with van der Waals surface area (Å²) in [5.41, 5.74) is 0.0683. The smallest absolute Gasteiger partial charge is 0.335 e. The Morgan fingerprint density at radius 2 is 1.50 bits per heavy atom. The Labute approximate surface area is 263 Å². The highest BCUT2D eigenvalue weighted by atomic mass is 35.5. The lowest BCUT2D eigenvalue weighted by atomic mass is 10.1. The van der Waals surface area contributed by atoms with E-state index in [2.05, 4.69) is 27.4 Å². The predicted octanol–water partition coefficient (Wildman–Crippen LogP) is 7.27. The van der Waals surface area contributed by atoms with E-state index in [0.29, 0.717) is 17.8 Å². The van der Waals surface area contributed by atoms with Crippen molar-refractivity contribution in [1.82, 2.24) is 9.78 Å². The van der Waals surface area contributed by atoms with E-state index in [9.17, 15) is 22.8 Å². The fraction of sp³-hybridized carbons (Fsp3) is 0.452. The number of hydrogen-bond donors (Lipinski definition) is 5. The number of rotatable bonds is 19. The zero-order chi connectivity index (χ0) is 32.1. The molecule has 0 aliphatic carbocycles. The molecule has 44 heavy (non-hydrogen) atoms. The highest BCUT2D eigenvalue weighted by Crippen LogP contribution is 2.31. The van der Waals surface area contributed by atoms with Crippen molar-refractivity contribution >= 4 is 56.4 Å². The van der Waals surface area contributed by atoms with Gasteiger partial charge in [-0.15, -0.1) is 0 Å². The number of benzene rings is 2. The van der Waals surface area contributed by atoms with Crippen LogP contribution >= 0.6 is 11.6 Å². The minimum absolute atomic E-state index is 0.00549. The van der Waals surface area contributed by atoms with Gasteiger partial charge in [-0.3, -0.25) is 19.4 Å². The number of sulfonamides is 1. The Hall–Kier alpha value is -3.77. The van der Waals surface area contributed by atoms with Gasteiger partial charge < -0.3 is 15.7 Å². The summed E-state index contributed by atoms with van der Waals surface area (Å²) in [5.74, 6) is -1.26. The molecule has 0 atom stereocenters. The molecule has 0 fully saturated rings. The maximum Gasteiger partial charge on any atom is 0.335 e. The van der Waals surface area contributed by atoms with E-state index in [1.165, 1.54) is 75.6 Å². The van der Waals surface area contributed by atoms with Crippen LogP contribution in [-0.2, 0) is 14.8 Å². The number of anilines is 4. The lowest BCUT2D eigenvalue weighted by Crippen LogP contribution is -2.20. The summed E-state index contributed by atoms with van der Waals surface area (Å²) in [5, 5.41) is 18.0. The van der Waals surface area contributed by atoms with Gasteiger partial charge in [0.05, 0.1) is 28.2 Å². The number of H-pyrrole nitrogens is 1. The number of unbranched alkanes of at least 4 members (excludes halogenated alkanes) is 10. The first-order chi connectivity index (χ1) is 21.0. The van der Waals surface area contributed by atoms with Crippen LogP contribution in [0.15, 0.2) is 47.3 Å². The standard InChI is InChI=1S/C31H42ClN5O6S/c1-3-4-5-6-7-8-9-10-11-12-13-14-27(38)33-23-17-20-25(32)26(21-23)34-29-28(36-44(2,42)43)30(39)37(35-29)24-18-15-22(16-19-24)31(40)41/h15-21,34-36H,3-14H2,1-2H3,(H,33,38)(H,40,41). The van der Waals surface area contributed by atoms with E-state index in [1.54, 1.807) is 18.2 Å². The molecule has 1 aromatic heterocycles. The summed E-state index contributed by atoms with van der Waals surface area (Å²) in [6.45, 7) is 2.22. The van der Waals surface area contributed by atoms with Gasteiger partial charge in [0, 0.05) is 12.1 Å². The normalized spacial score (nSPS) is 11.3. The third kappa shape index (κ3) is 11.1. The van der Waals surface area contributed by atoms with E-state index in [0.717, 1.165) is 30.2 Å². The van der Waals surface area contributed by atoms with Crippen molar-refractivity contribution in [3.05, 3.63) is 63.4 Å². The van der Waals surface area contributed by atoms with Gasteiger partial charge in [0.2, 0.25) is 15.9 Å². The number of carbonyl (C=O) groups is 2. The first-order valence-corrected chi connectivity index (χ1v) is 17.3. The number of nitrogens with zero attached hydrogens (tertiary/aromatic N) is 1. The van der Waals surface area contributed by atoms with Crippen LogP contribution < -0.4 is 20.9 Å². The van der Waals surface area contributed by atoms with Crippen LogP contribution in [0.2, 0.25) is 5.02 Å². The first kappa shape index (κ1) is 34.7. The number of hydrogen-bond acceptors (Lipinski definition) is 6. The molecule has 0 bridgehead atoms. The number of aromatic amines is 1. The van der Waals surface area contributed by atoms with Crippen LogP contribution in [-0.4, -0.2) is 41.4 Å². The number of halogens is 1. The van der Waals surface area contributed by atoms with Crippen LogP contribution in [0.1, 0.15) is 94.3 Å². The van der Waals surface area contributed by atoms with E-state index < -0.39 is 21.6 Å². The average Bonchev–Trinajstić information content (AvgIpc) is 3.26.